The fraction of sp³-hybridized carbons (Fsp3) is 0.652. The molecule has 4 rings (SSSR count). The Labute approximate surface area is 172 Å². The molecule has 158 valence electrons. The number of anilines is 1. The van der Waals surface area contributed by atoms with Crippen molar-refractivity contribution in [3.8, 4) is 0 Å². The van der Waals surface area contributed by atoms with E-state index < -0.39 is 0 Å². The van der Waals surface area contributed by atoms with Crippen molar-refractivity contribution in [2.75, 3.05) is 25.0 Å². The van der Waals surface area contributed by atoms with Gasteiger partial charge < -0.3 is 10.2 Å². The van der Waals surface area contributed by atoms with E-state index in [1.807, 2.05) is 11.8 Å². The number of hydrogen-bond acceptors (Lipinski definition) is 3. The van der Waals surface area contributed by atoms with Crippen LogP contribution in [-0.4, -0.2) is 47.3 Å². The van der Waals surface area contributed by atoms with Crippen LogP contribution in [0.25, 0.3) is 0 Å². The van der Waals surface area contributed by atoms with Crippen molar-refractivity contribution in [2.45, 2.75) is 65.0 Å². The first kappa shape index (κ1) is 20.3. The summed E-state index contributed by atoms with van der Waals surface area (Å²) in [6.45, 7) is 6.67. The van der Waals surface area contributed by atoms with Gasteiger partial charge in [-0.2, -0.15) is 0 Å². The number of nitrogens with one attached hydrogen (secondary N) is 1. The molecule has 29 heavy (non-hydrogen) atoms. The highest BCUT2D eigenvalue weighted by molar-refractivity contribution is 5.94. The lowest BCUT2D eigenvalue weighted by Crippen LogP contribution is -2.54. The van der Waals surface area contributed by atoms with Gasteiger partial charge in [-0.25, -0.2) is 4.39 Å². The molecule has 0 aromatic heterocycles. The second-order valence-corrected chi connectivity index (χ2v) is 9.06. The number of hydrogen-bond donors (Lipinski definition) is 1. The first-order valence-electron chi connectivity index (χ1n) is 11.1. The summed E-state index contributed by atoms with van der Waals surface area (Å²) in [4.78, 5) is 29.2. The number of benzene rings is 1. The molecule has 1 aromatic rings. The number of carbonyl (C=O) groups is 2. The predicted octanol–water partition coefficient (Wildman–Crippen LogP) is 3.71. The Bertz CT molecular complexity index is 787. The molecule has 2 saturated carbocycles. The van der Waals surface area contributed by atoms with Crippen LogP contribution in [0, 0.1) is 24.6 Å². The van der Waals surface area contributed by atoms with Crippen molar-refractivity contribution >= 4 is 17.5 Å². The van der Waals surface area contributed by atoms with Crippen LogP contribution < -0.4 is 5.32 Å². The third-order valence-corrected chi connectivity index (χ3v) is 6.83. The standard InChI is InChI=1S/C23H32FN3O2/c1-15-13-26(11-12-27(15)23(29)18-5-3-4-6-18)14-19-16(2)21(10-9-20(19)24)25-22(28)17-7-8-17/h9-10,15,17-18H,3-8,11-14H2,1-2H3,(H,25,28)/t15-/m0/s1. The monoisotopic (exact) mass is 401 g/mol. The molecule has 5 nitrogen and oxygen atoms in total. The zero-order chi connectivity index (χ0) is 20.5. The highest BCUT2D eigenvalue weighted by Crippen LogP contribution is 2.32. The predicted molar refractivity (Wildman–Crippen MR) is 111 cm³/mol. The molecule has 3 fully saturated rings. The summed E-state index contributed by atoms with van der Waals surface area (Å²) in [5.74, 6) is 0.439. The molecule has 1 N–H and O–H groups in total. The van der Waals surface area contributed by atoms with E-state index in [0.717, 1.165) is 57.2 Å². The van der Waals surface area contributed by atoms with Crippen molar-refractivity contribution < 1.29 is 14.0 Å². The van der Waals surface area contributed by atoms with Crippen molar-refractivity contribution in [1.29, 1.82) is 0 Å². The number of halogens is 1. The highest BCUT2D eigenvalue weighted by Gasteiger charge is 2.34. The summed E-state index contributed by atoms with van der Waals surface area (Å²) in [6, 6.07) is 3.25. The molecule has 1 saturated heterocycles. The summed E-state index contributed by atoms with van der Waals surface area (Å²) >= 11 is 0. The normalized spacial score (nSPS) is 23.4. The Morgan fingerprint density at radius 3 is 2.48 bits per heavy atom. The van der Waals surface area contributed by atoms with Gasteiger partial charge in [0, 0.05) is 55.3 Å². The van der Waals surface area contributed by atoms with E-state index in [1.54, 1.807) is 6.07 Å². The molecule has 0 spiro atoms. The maximum atomic E-state index is 14.6. The molecule has 6 heteroatoms. The zero-order valence-electron chi connectivity index (χ0n) is 17.5. The number of nitrogens with zero attached hydrogens (tertiary/aromatic N) is 2. The summed E-state index contributed by atoms with van der Waals surface area (Å²) in [6.07, 6.45) is 6.26. The largest absolute Gasteiger partial charge is 0.337 e. The number of carbonyl (C=O) groups excluding carboxylic acids is 2. The van der Waals surface area contributed by atoms with Crippen LogP contribution in [0.5, 0.6) is 0 Å². The van der Waals surface area contributed by atoms with Crippen LogP contribution in [0.2, 0.25) is 0 Å². The molecule has 1 heterocycles. The number of rotatable bonds is 5. The van der Waals surface area contributed by atoms with Crippen molar-refractivity contribution in [2.24, 2.45) is 11.8 Å². The van der Waals surface area contributed by atoms with E-state index in [0.29, 0.717) is 30.2 Å². The van der Waals surface area contributed by atoms with Crippen molar-refractivity contribution in [3.63, 3.8) is 0 Å². The molecule has 0 radical (unpaired) electrons. The topological polar surface area (TPSA) is 52.7 Å². The van der Waals surface area contributed by atoms with Gasteiger partial charge >= 0.3 is 0 Å². The molecule has 0 bridgehead atoms. The zero-order valence-corrected chi connectivity index (χ0v) is 17.5. The van der Waals surface area contributed by atoms with E-state index >= 15 is 0 Å². The van der Waals surface area contributed by atoms with E-state index in [4.69, 9.17) is 0 Å². The molecular weight excluding hydrogens is 369 g/mol. The van der Waals surface area contributed by atoms with Crippen LogP contribution in [0.3, 0.4) is 0 Å². The van der Waals surface area contributed by atoms with Gasteiger partial charge in [0.2, 0.25) is 11.8 Å². The summed E-state index contributed by atoms with van der Waals surface area (Å²) < 4.78 is 14.6. The maximum absolute atomic E-state index is 14.6. The molecule has 0 unspecified atom stereocenters. The number of amides is 2. The Hall–Kier alpha value is -1.95. The maximum Gasteiger partial charge on any atom is 0.227 e. The minimum Gasteiger partial charge on any atom is -0.337 e. The van der Waals surface area contributed by atoms with Crippen molar-refractivity contribution in [3.05, 3.63) is 29.1 Å². The lowest BCUT2D eigenvalue weighted by Gasteiger charge is -2.41. The van der Waals surface area contributed by atoms with Gasteiger partial charge in [0.05, 0.1) is 0 Å². The molecule has 2 aliphatic carbocycles. The lowest BCUT2D eigenvalue weighted by atomic mass is 10.0. The minimum atomic E-state index is -0.232. The van der Waals surface area contributed by atoms with E-state index in [9.17, 15) is 14.0 Å². The van der Waals surface area contributed by atoms with Crippen LogP contribution in [-0.2, 0) is 16.1 Å². The van der Waals surface area contributed by atoms with Crippen LogP contribution in [0.4, 0.5) is 10.1 Å². The fourth-order valence-electron chi connectivity index (χ4n) is 4.77. The molecule has 3 aliphatic rings. The van der Waals surface area contributed by atoms with Gasteiger partial charge in [-0.15, -0.1) is 0 Å². The molecule has 1 atom stereocenters. The number of piperazine rings is 1. The van der Waals surface area contributed by atoms with E-state index in [1.165, 1.54) is 6.07 Å². The van der Waals surface area contributed by atoms with Gasteiger partial charge in [0.1, 0.15) is 5.82 Å². The van der Waals surface area contributed by atoms with Gasteiger partial charge in [-0.1, -0.05) is 12.8 Å². The minimum absolute atomic E-state index is 0.0401. The quantitative estimate of drug-likeness (QED) is 0.818. The van der Waals surface area contributed by atoms with Crippen LogP contribution >= 0.6 is 0 Å². The Kier molecular flexibility index (Phi) is 5.91. The summed E-state index contributed by atoms with van der Waals surface area (Å²) in [7, 11) is 0. The van der Waals surface area contributed by atoms with E-state index in [-0.39, 0.29) is 29.6 Å². The Morgan fingerprint density at radius 1 is 1.10 bits per heavy atom. The Morgan fingerprint density at radius 2 is 1.83 bits per heavy atom. The highest BCUT2D eigenvalue weighted by atomic mass is 19.1. The molecule has 2 amide bonds. The van der Waals surface area contributed by atoms with Gasteiger partial charge in [-0.05, 0) is 57.2 Å². The first-order valence-corrected chi connectivity index (χ1v) is 11.1. The second-order valence-electron chi connectivity index (χ2n) is 9.06. The second kappa shape index (κ2) is 8.42. The lowest BCUT2D eigenvalue weighted by molar-refractivity contribution is -0.140. The molecule has 1 aromatic carbocycles. The van der Waals surface area contributed by atoms with Gasteiger partial charge in [0.25, 0.3) is 0 Å². The van der Waals surface area contributed by atoms with Gasteiger partial charge in [-0.3, -0.25) is 14.5 Å². The fourth-order valence-corrected chi connectivity index (χ4v) is 4.77. The van der Waals surface area contributed by atoms with Gasteiger partial charge in [0.15, 0.2) is 0 Å². The van der Waals surface area contributed by atoms with E-state index in [2.05, 4.69) is 17.1 Å². The smallest absolute Gasteiger partial charge is 0.227 e. The third-order valence-electron chi connectivity index (χ3n) is 6.83. The van der Waals surface area contributed by atoms with Crippen molar-refractivity contribution in [1.82, 2.24) is 9.80 Å². The molecule has 1 aliphatic heterocycles. The summed E-state index contributed by atoms with van der Waals surface area (Å²) in [5, 5.41) is 2.96. The Balaban J connectivity index is 1.40. The summed E-state index contributed by atoms with van der Waals surface area (Å²) in [5.41, 5.74) is 2.15. The average molecular weight is 402 g/mol. The van der Waals surface area contributed by atoms with Crippen LogP contribution in [0.15, 0.2) is 12.1 Å². The first-order chi connectivity index (χ1) is 13.9. The molecular formula is C23H32FN3O2. The average Bonchev–Trinajstić information content (AvgIpc) is 3.41. The SMILES string of the molecule is Cc1c(NC(=O)C2CC2)ccc(F)c1CN1CCN(C(=O)C2CCCC2)[C@@H](C)C1. The third kappa shape index (κ3) is 4.47. The van der Waals surface area contributed by atoms with Crippen LogP contribution in [0.1, 0.15) is 56.6 Å².